The van der Waals surface area contributed by atoms with E-state index in [-0.39, 0.29) is 30.3 Å². The van der Waals surface area contributed by atoms with Crippen molar-refractivity contribution in [2.45, 2.75) is 32.4 Å². The van der Waals surface area contributed by atoms with E-state index < -0.39 is 17.7 Å². The third kappa shape index (κ3) is 3.70. The van der Waals surface area contributed by atoms with Gasteiger partial charge in [0, 0.05) is 12.0 Å². The standard InChI is InChI=1S/C21H19F2N3O3/c1-2-28-18-9-4-3-6-13(18)20-24-21(29-25-20)17-10-11-19(27)26(17)12-14-15(22)7-5-8-16(14)23/h3-9,17H,2,10-12H2,1H3. The average molecular weight is 399 g/mol. The molecule has 0 radical (unpaired) electrons. The van der Waals surface area contributed by atoms with Gasteiger partial charge in [0.2, 0.25) is 17.6 Å². The Kier molecular flexibility index (Phi) is 5.24. The molecule has 150 valence electrons. The number of amides is 1. The molecule has 1 aliphatic rings. The van der Waals surface area contributed by atoms with E-state index in [9.17, 15) is 13.6 Å². The maximum absolute atomic E-state index is 14.1. The van der Waals surface area contributed by atoms with E-state index in [2.05, 4.69) is 10.1 Å². The van der Waals surface area contributed by atoms with E-state index in [1.54, 1.807) is 6.07 Å². The second kappa shape index (κ2) is 7.98. The maximum atomic E-state index is 14.1. The van der Waals surface area contributed by atoms with E-state index in [1.165, 1.54) is 23.1 Å². The van der Waals surface area contributed by atoms with Gasteiger partial charge in [-0.05, 0) is 37.6 Å². The fourth-order valence-electron chi connectivity index (χ4n) is 3.46. The van der Waals surface area contributed by atoms with E-state index in [1.807, 2.05) is 25.1 Å². The molecule has 2 aromatic carbocycles. The molecule has 4 rings (SSSR count). The lowest BCUT2D eigenvalue weighted by Gasteiger charge is -2.22. The van der Waals surface area contributed by atoms with Crippen LogP contribution in [0, 0.1) is 11.6 Å². The van der Waals surface area contributed by atoms with E-state index in [0.29, 0.717) is 30.2 Å². The lowest BCUT2D eigenvalue weighted by Crippen LogP contribution is -2.28. The molecule has 8 heteroatoms. The van der Waals surface area contributed by atoms with E-state index >= 15 is 0 Å². The van der Waals surface area contributed by atoms with Crippen molar-refractivity contribution in [3.8, 4) is 17.1 Å². The molecule has 1 fully saturated rings. The molecule has 2 heterocycles. The molecule has 1 aromatic heterocycles. The Hall–Kier alpha value is -3.29. The number of aromatic nitrogens is 2. The van der Waals surface area contributed by atoms with Crippen LogP contribution >= 0.6 is 0 Å². The molecule has 3 aromatic rings. The molecule has 1 saturated heterocycles. The first kappa shape index (κ1) is 19.0. The third-order valence-electron chi connectivity index (χ3n) is 4.87. The topological polar surface area (TPSA) is 68.5 Å². The quantitative estimate of drug-likeness (QED) is 0.619. The van der Waals surface area contributed by atoms with Gasteiger partial charge in [0.1, 0.15) is 23.4 Å². The summed E-state index contributed by atoms with van der Waals surface area (Å²) >= 11 is 0. The Labute approximate surface area is 166 Å². The lowest BCUT2D eigenvalue weighted by atomic mass is 10.1. The number of hydrogen-bond donors (Lipinski definition) is 0. The first-order valence-electron chi connectivity index (χ1n) is 9.36. The van der Waals surface area contributed by atoms with Gasteiger partial charge in [0.25, 0.3) is 0 Å². The second-order valence-electron chi connectivity index (χ2n) is 6.66. The molecular weight excluding hydrogens is 380 g/mol. The summed E-state index contributed by atoms with van der Waals surface area (Å²) in [5, 5.41) is 4.02. The van der Waals surface area contributed by atoms with Gasteiger partial charge in [-0.3, -0.25) is 4.79 Å². The van der Waals surface area contributed by atoms with Gasteiger partial charge < -0.3 is 14.2 Å². The van der Waals surface area contributed by atoms with Crippen LogP contribution in [0.5, 0.6) is 5.75 Å². The molecule has 0 aliphatic carbocycles. The number of hydrogen-bond acceptors (Lipinski definition) is 5. The molecule has 0 spiro atoms. The maximum Gasteiger partial charge on any atom is 0.249 e. The van der Waals surface area contributed by atoms with Gasteiger partial charge >= 0.3 is 0 Å². The minimum Gasteiger partial charge on any atom is -0.493 e. The molecule has 1 aliphatic heterocycles. The monoisotopic (exact) mass is 399 g/mol. The van der Waals surface area contributed by atoms with Gasteiger partial charge in [0.05, 0.1) is 18.7 Å². The van der Waals surface area contributed by atoms with Crippen LogP contribution in [0.3, 0.4) is 0 Å². The van der Waals surface area contributed by atoms with E-state index in [0.717, 1.165) is 0 Å². The fourth-order valence-corrected chi connectivity index (χ4v) is 3.46. The van der Waals surface area contributed by atoms with Gasteiger partial charge in [0.15, 0.2) is 0 Å². The van der Waals surface area contributed by atoms with Crippen molar-refractivity contribution in [1.29, 1.82) is 0 Å². The SMILES string of the molecule is CCOc1ccccc1-c1noc(C2CCC(=O)N2Cc2c(F)cccc2F)n1. The number of ether oxygens (including phenoxy) is 1. The molecule has 1 unspecified atom stereocenters. The first-order chi connectivity index (χ1) is 14.1. The predicted molar refractivity (Wildman–Crippen MR) is 99.8 cm³/mol. The molecular formula is C21H19F2N3O3. The highest BCUT2D eigenvalue weighted by atomic mass is 19.1. The van der Waals surface area contributed by atoms with Gasteiger partial charge in [-0.2, -0.15) is 4.98 Å². The number of rotatable bonds is 6. The highest BCUT2D eigenvalue weighted by Crippen LogP contribution is 2.36. The number of carbonyl (C=O) groups is 1. The first-order valence-corrected chi connectivity index (χ1v) is 9.36. The molecule has 0 bridgehead atoms. The number of benzene rings is 2. The Morgan fingerprint density at radius 2 is 1.93 bits per heavy atom. The lowest BCUT2D eigenvalue weighted by molar-refractivity contribution is -0.130. The highest BCUT2D eigenvalue weighted by molar-refractivity contribution is 5.79. The molecule has 0 N–H and O–H groups in total. The van der Waals surface area contributed by atoms with Crippen LogP contribution in [0.15, 0.2) is 47.0 Å². The smallest absolute Gasteiger partial charge is 0.249 e. The zero-order chi connectivity index (χ0) is 20.4. The van der Waals surface area contributed by atoms with Crippen molar-refractivity contribution in [2.24, 2.45) is 0 Å². The summed E-state index contributed by atoms with van der Waals surface area (Å²) in [4.78, 5) is 18.2. The molecule has 0 saturated carbocycles. The molecule has 29 heavy (non-hydrogen) atoms. The Morgan fingerprint density at radius 1 is 1.17 bits per heavy atom. The van der Waals surface area contributed by atoms with Crippen LogP contribution in [0.1, 0.15) is 37.3 Å². The van der Waals surface area contributed by atoms with Crippen molar-refractivity contribution >= 4 is 5.91 Å². The number of likely N-dealkylation sites (tertiary alicyclic amines) is 1. The predicted octanol–water partition coefficient (Wildman–Crippen LogP) is 4.28. The zero-order valence-electron chi connectivity index (χ0n) is 15.8. The summed E-state index contributed by atoms with van der Waals surface area (Å²) in [5.74, 6) is -0.419. The average Bonchev–Trinajstić information content (AvgIpc) is 3.33. The van der Waals surface area contributed by atoms with Crippen LogP contribution in [0.2, 0.25) is 0 Å². The zero-order valence-corrected chi connectivity index (χ0v) is 15.8. The highest BCUT2D eigenvalue weighted by Gasteiger charge is 2.37. The van der Waals surface area contributed by atoms with Crippen LogP contribution in [-0.2, 0) is 11.3 Å². The van der Waals surface area contributed by atoms with E-state index in [4.69, 9.17) is 9.26 Å². The summed E-state index contributed by atoms with van der Waals surface area (Å²) in [7, 11) is 0. The number of para-hydroxylation sites is 1. The molecule has 1 atom stereocenters. The molecule has 6 nitrogen and oxygen atoms in total. The number of carbonyl (C=O) groups excluding carboxylic acids is 1. The van der Waals surface area contributed by atoms with Crippen molar-refractivity contribution in [3.63, 3.8) is 0 Å². The third-order valence-corrected chi connectivity index (χ3v) is 4.87. The number of halogens is 2. The van der Waals surface area contributed by atoms with Crippen LogP contribution < -0.4 is 4.74 Å². The van der Waals surface area contributed by atoms with Gasteiger partial charge in [-0.15, -0.1) is 0 Å². The van der Waals surface area contributed by atoms with Crippen molar-refractivity contribution in [1.82, 2.24) is 15.0 Å². The molecule has 1 amide bonds. The van der Waals surface area contributed by atoms with Crippen LogP contribution in [-0.4, -0.2) is 27.6 Å². The summed E-state index contributed by atoms with van der Waals surface area (Å²) in [6.45, 7) is 2.17. The summed E-state index contributed by atoms with van der Waals surface area (Å²) in [6.07, 6.45) is 0.678. The summed E-state index contributed by atoms with van der Waals surface area (Å²) in [5.41, 5.74) is 0.509. The Morgan fingerprint density at radius 3 is 2.69 bits per heavy atom. The summed E-state index contributed by atoms with van der Waals surface area (Å²) in [6, 6.07) is 10.4. The number of nitrogens with zero attached hydrogens (tertiary/aromatic N) is 3. The van der Waals surface area contributed by atoms with Crippen LogP contribution in [0.25, 0.3) is 11.4 Å². The van der Waals surface area contributed by atoms with Gasteiger partial charge in [-0.1, -0.05) is 23.4 Å². The fraction of sp³-hybridized carbons (Fsp3) is 0.286. The van der Waals surface area contributed by atoms with Crippen molar-refractivity contribution < 1.29 is 22.8 Å². The summed E-state index contributed by atoms with van der Waals surface area (Å²) < 4.78 is 39.1. The minimum atomic E-state index is -0.694. The minimum absolute atomic E-state index is 0.158. The second-order valence-corrected chi connectivity index (χ2v) is 6.66. The Bertz CT molecular complexity index is 1020. The van der Waals surface area contributed by atoms with Gasteiger partial charge in [-0.25, -0.2) is 8.78 Å². The Balaban J connectivity index is 1.62. The normalized spacial score (nSPS) is 16.4. The van der Waals surface area contributed by atoms with Crippen molar-refractivity contribution in [2.75, 3.05) is 6.61 Å². The van der Waals surface area contributed by atoms with Crippen LogP contribution in [0.4, 0.5) is 8.78 Å². The van der Waals surface area contributed by atoms with Crippen molar-refractivity contribution in [3.05, 3.63) is 65.6 Å². The largest absolute Gasteiger partial charge is 0.493 e.